The average molecular weight is 457 g/mol. The van der Waals surface area contributed by atoms with E-state index in [0.717, 1.165) is 6.07 Å². The van der Waals surface area contributed by atoms with Crippen molar-refractivity contribution in [1.82, 2.24) is 4.31 Å². The molecule has 0 aliphatic carbocycles. The number of nitrogens with one attached hydrogen (secondary N) is 1. The number of ether oxygens (including phenoxy) is 2. The molecule has 0 saturated carbocycles. The van der Waals surface area contributed by atoms with Crippen LogP contribution in [0.3, 0.4) is 0 Å². The lowest BCUT2D eigenvalue weighted by atomic mass is 10.3. The summed E-state index contributed by atoms with van der Waals surface area (Å²) in [6, 6.07) is 9.68. The fraction of sp³-hybridized carbons (Fsp3) is 0.350. The smallest absolute Gasteiger partial charge is 0.262 e. The van der Waals surface area contributed by atoms with Crippen LogP contribution in [0, 0.1) is 5.82 Å². The molecule has 1 heterocycles. The second-order valence-electron chi connectivity index (χ2n) is 7.02. The van der Waals surface area contributed by atoms with Crippen molar-refractivity contribution in [2.75, 3.05) is 25.0 Å². The molecule has 1 aliphatic heterocycles. The Morgan fingerprint density at radius 2 is 1.83 bits per heavy atom. The summed E-state index contributed by atoms with van der Waals surface area (Å²) < 4.78 is 51.1. The lowest BCUT2D eigenvalue weighted by Crippen LogP contribution is -2.48. The van der Waals surface area contributed by atoms with Crippen LogP contribution < -0.4 is 10.1 Å². The topological polar surface area (TPSA) is 84.9 Å². The highest BCUT2D eigenvalue weighted by Gasteiger charge is 2.32. The maximum atomic E-state index is 13.1. The molecule has 0 aromatic heterocycles. The number of amides is 1. The van der Waals surface area contributed by atoms with Crippen molar-refractivity contribution in [2.24, 2.45) is 0 Å². The quantitative estimate of drug-likeness (QED) is 0.721. The summed E-state index contributed by atoms with van der Waals surface area (Å²) in [4.78, 5) is 12.2. The predicted molar refractivity (Wildman–Crippen MR) is 111 cm³/mol. The Bertz CT molecular complexity index is 1010. The molecule has 30 heavy (non-hydrogen) atoms. The normalized spacial score (nSPS) is 20.0. The van der Waals surface area contributed by atoms with Gasteiger partial charge in [0.2, 0.25) is 10.0 Å². The highest BCUT2D eigenvalue weighted by molar-refractivity contribution is 7.89. The summed E-state index contributed by atoms with van der Waals surface area (Å²) in [6.07, 6.45) is -0.365. The van der Waals surface area contributed by atoms with Gasteiger partial charge >= 0.3 is 0 Å². The van der Waals surface area contributed by atoms with Crippen LogP contribution in [0.2, 0.25) is 5.02 Å². The zero-order chi connectivity index (χ0) is 21.9. The first kappa shape index (κ1) is 22.5. The molecule has 0 bridgehead atoms. The molecule has 1 fully saturated rings. The minimum atomic E-state index is -3.65. The van der Waals surface area contributed by atoms with Crippen molar-refractivity contribution in [3.05, 3.63) is 53.3 Å². The van der Waals surface area contributed by atoms with Crippen molar-refractivity contribution in [1.29, 1.82) is 0 Å². The van der Waals surface area contributed by atoms with Crippen molar-refractivity contribution < 1.29 is 27.1 Å². The van der Waals surface area contributed by atoms with E-state index < -0.39 is 21.7 Å². The Hall–Kier alpha value is -2.20. The van der Waals surface area contributed by atoms with Crippen LogP contribution in [-0.2, 0) is 19.6 Å². The van der Waals surface area contributed by atoms with Crippen molar-refractivity contribution >= 4 is 33.2 Å². The number of rotatable bonds is 6. The highest BCUT2D eigenvalue weighted by Crippen LogP contribution is 2.23. The predicted octanol–water partition coefficient (Wildman–Crippen LogP) is 3.29. The lowest BCUT2D eigenvalue weighted by molar-refractivity contribution is -0.118. The van der Waals surface area contributed by atoms with Gasteiger partial charge in [0, 0.05) is 24.8 Å². The van der Waals surface area contributed by atoms with E-state index in [1.54, 1.807) is 0 Å². The number of anilines is 1. The molecule has 0 unspecified atom stereocenters. The minimum absolute atomic E-state index is 0.103. The van der Waals surface area contributed by atoms with Crippen LogP contribution in [-0.4, -0.2) is 50.5 Å². The van der Waals surface area contributed by atoms with Gasteiger partial charge in [0.1, 0.15) is 11.6 Å². The maximum Gasteiger partial charge on any atom is 0.262 e. The summed E-state index contributed by atoms with van der Waals surface area (Å²) in [5.41, 5.74) is 0.420. The number of carbonyl (C=O) groups is 1. The number of carbonyl (C=O) groups excluding carboxylic acids is 1. The van der Waals surface area contributed by atoms with Gasteiger partial charge in [-0.3, -0.25) is 4.79 Å². The maximum absolute atomic E-state index is 13.1. The zero-order valence-corrected chi connectivity index (χ0v) is 18.0. The third-order valence-corrected chi connectivity index (χ3v) is 6.56. The van der Waals surface area contributed by atoms with E-state index in [9.17, 15) is 17.6 Å². The summed E-state index contributed by atoms with van der Waals surface area (Å²) in [6.45, 7) is 3.93. The molecule has 1 N–H and O–H groups in total. The number of halogens is 2. The second kappa shape index (κ2) is 9.30. The van der Waals surface area contributed by atoms with Crippen molar-refractivity contribution in [3.63, 3.8) is 0 Å². The summed E-state index contributed by atoms with van der Waals surface area (Å²) >= 11 is 5.67. The first-order valence-corrected chi connectivity index (χ1v) is 11.1. The minimum Gasteiger partial charge on any atom is -0.484 e. The molecule has 1 amide bonds. The molecule has 2 aromatic carbocycles. The SMILES string of the molecule is C[C@H]1CN(S(=O)(=O)c2ccc(NC(=O)COc3ccc(F)c(Cl)c3)cc2)C[C@H](C)O1. The van der Waals surface area contributed by atoms with Gasteiger partial charge in [-0.1, -0.05) is 11.6 Å². The summed E-state index contributed by atoms with van der Waals surface area (Å²) in [5.74, 6) is -0.779. The molecule has 3 rings (SSSR count). The van der Waals surface area contributed by atoms with Gasteiger partial charge in [0.25, 0.3) is 5.91 Å². The van der Waals surface area contributed by atoms with E-state index in [4.69, 9.17) is 21.1 Å². The molecule has 1 aliphatic rings. The molecular formula is C20H22ClFN2O5S. The zero-order valence-electron chi connectivity index (χ0n) is 16.5. The molecule has 0 radical (unpaired) electrons. The van der Waals surface area contributed by atoms with Crippen LogP contribution >= 0.6 is 11.6 Å². The summed E-state index contributed by atoms with van der Waals surface area (Å²) in [5, 5.41) is 2.51. The Kier molecular flexibility index (Phi) is 6.97. The number of nitrogens with zero attached hydrogens (tertiary/aromatic N) is 1. The molecule has 0 spiro atoms. The van der Waals surface area contributed by atoms with Gasteiger partial charge < -0.3 is 14.8 Å². The molecular weight excluding hydrogens is 435 g/mol. The molecule has 10 heteroatoms. The largest absolute Gasteiger partial charge is 0.484 e. The molecule has 1 saturated heterocycles. The number of sulfonamides is 1. The van der Waals surface area contributed by atoms with E-state index in [2.05, 4.69) is 5.32 Å². The third-order valence-electron chi connectivity index (χ3n) is 4.42. The van der Waals surface area contributed by atoms with Crippen molar-refractivity contribution in [3.8, 4) is 5.75 Å². The Morgan fingerprint density at radius 1 is 1.20 bits per heavy atom. The van der Waals surface area contributed by atoms with Gasteiger partial charge in [-0.25, -0.2) is 12.8 Å². The van der Waals surface area contributed by atoms with Crippen molar-refractivity contribution in [2.45, 2.75) is 31.0 Å². The number of benzene rings is 2. The van der Waals surface area contributed by atoms with Gasteiger partial charge in [-0.15, -0.1) is 0 Å². The molecule has 2 atom stereocenters. The number of hydrogen-bond donors (Lipinski definition) is 1. The van der Waals surface area contributed by atoms with E-state index in [-0.39, 0.29) is 47.6 Å². The van der Waals surface area contributed by atoms with Gasteiger partial charge in [-0.05, 0) is 50.2 Å². The number of morpholine rings is 1. The fourth-order valence-electron chi connectivity index (χ4n) is 3.10. The van der Waals surface area contributed by atoms with E-state index in [0.29, 0.717) is 5.69 Å². The van der Waals surface area contributed by atoms with Crippen LogP contribution in [0.15, 0.2) is 47.4 Å². The standard InChI is InChI=1S/C20H22ClFN2O5S/c1-13-10-24(11-14(2)29-13)30(26,27)17-6-3-15(4-7-17)23-20(25)12-28-16-5-8-19(22)18(21)9-16/h3-9,13-14H,10-12H2,1-2H3,(H,23,25)/t13-,14-/m0/s1. The van der Waals surface area contributed by atoms with E-state index in [1.165, 1.54) is 40.7 Å². The van der Waals surface area contributed by atoms with E-state index >= 15 is 0 Å². The van der Waals surface area contributed by atoms with Crippen LogP contribution in [0.5, 0.6) is 5.75 Å². The molecule has 2 aromatic rings. The average Bonchev–Trinajstić information content (AvgIpc) is 2.68. The molecule has 7 nitrogen and oxygen atoms in total. The Labute approximate surface area is 179 Å². The Balaban J connectivity index is 1.59. The molecule has 162 valence electrons. The fourth-order valence-corrected chi connectivity index (χ4v) is 4.86. The van der Waals surface area contributed by atoms with E-state index in [1.807, 2.05) is 13.8 Å². The van der Waals surface area contributed by atoms with Crippen LogP contribution in [0.4, 0.5) is 10.1 Å². The first-order valence-electron chi connectivity index (χ1n) is 9.28. The van der Waals surface area contributed by atoms with Crippen LogP contribution in [0.1, 0.15) is 13.8 Å². The lowest BCUT2D eigenvalue weighted by Gasteiger charge is -2.34. The third kappa shape index (κ3) is 5.48. The van der Waals surface area contributed by atoms with Crippen LogP contribution in [0.25, 0.3) is 0 Å². The van der Waals surface area contributed by atoms with Gasteiger partial charge in [0.05, 0.1) is 22.1 Å². The van der Waals surface area contributed by atoms with Gasteiger partial charge in [-0.2, -0.15) is 4.31 Å². The second-order valence-corrected chi connectivity index (χ2v) is 9.36. The first-order chi connectivity index (χ1) is 14.1. The highest BCUT2D eigenvalue weighted by atomic mass is 35.5. The summed E-state index contributed by atoms with van der Waals surface area (Å²) in [7, 11) is -3.65. The van der Waals surface area contributed by atoms with Gasteiger partial charge in [0.15, 0.2) is 6.61 Å². The Morgan fingerprint density at radius 3 is 2.43 bits per heavy atom. The monoisotopic (exact) mass is 456 g/mol. The number of hydrogen-bond acceptors (Lipinski definition) is 5.